The third kappa shape index (κ3) is 2.59. The van der Waals surface area contributed by atoms with Gasteiger partial charge in [0.25, 0.3) is 11.1 Å². The summed E-state index contributed by atoms with van der Waals surface area (Å²) in [5, 5.41) is 1.90. The van der Waals surface area contributed by atoms with E-state index in [1.165, 1.54) is 0 Å². The molecule has 7 heteroatoms. The predicted molar refractivity (Wildman–Crippen MR) is 92.3 cm³/mol. The average Bonchev–Trinajstić information content (AvgIpc) is 3.10. The first kappa shape index (κ1) is 14.6. The molecule has 0 spiro atoms. The molecule has 0 unspecified atom stereocenters. The van der Waals surface area contributed by atoms with Crippen LogP contribution in [-0.4, -0.2) is 25.5 Å². The number of fused-ring (bicyclic) bond motifs is 1. The summed E-state index contributed by atoms with van der Waals surface area (Å²) in [6.45, 7) is 1.94. The number of imidazole rings is 1. The smallest absolute Gasteiger partial charge is 0.290 e. The first-order valence-corrected chi connectivity index (χ1v) is 8.08. The van der Waals surface area contributed by atoms with Crippen molar-refractivity contribution in [2.75, 3.05) is 0 Å². The summed E-state index contributed by atoms with van der Waals surface area (Å²) < 4.78 is 1.92. The first-order valence-electron chi connectivity index (χ1n) is 7.26. The molecule has 4 rings (SSSR count). The minimum atomic E-state index is -0.365. The van der Waals surface area contributed by atoms with Gasteiger partial charge >= 0.3 is 0 Å². The Labute approximate surface area is 141 Å². The van der Waals surface area contributed by atoms with Crippen molar-refractivity contribution < 1.29 is 9.59 Å². The summed E-state index contributed by atoms with van der Waals surface area (Å²) in [6, 6.07) is 9.55. The Hall–Kier alpha value is -2.93. The summed E-state index contributed by atoms with van der Waals surface area (Å²) in [7, 11) is 0. The third-order valence-corrected chi connectivity index (χ3v) is 4.43. The molecular formula is C17H12N4O2S. The molecule has 4 heterocycles. The van der Waals surface area contributed by atoms with E-state index in [-0.39, 0.29) is 11.1 Å². The van der Waals surface area contributed by atoms with E-state index in [9.17, 15) is 9.59 Å². The first-order chi connectivity index (χ1) is 11.6. The fraction of sp³-hybridized carbons (Fsp3) is 0.0588. The maximum absolute atomic E-state index is 11.7. The molecule has 1 aliphatic heterocycles. The van der Waals surface area contributed by atoms with Crippen LogP contribution in [0.15, 0.2) is 47.6 Å². The highest BCUT2D eigenvalue weighted by atomic mass is 32.2. The third-order valence-electron chi connectivity index (χ3n) is 3.62. The van der Waals surface area contributed by atoms with Crippen molar-refractivity contribution in [2.24, 2.45) is 0 Å². The molecule has 0 aromatic carbocycles. The van der Waals surface area contributed by atoms with E-state index in [0.717, 1.165) is 40.1 Å². The number of thioether (sulfide) groups is 1. The average molecular weight is 336 g/mol. The van der Waals surface area contributed by atoms with E-state index < -0.39 is 0 Å². The Morgan fingerprint density at radius 3 is 2.83 bits per heavy atom. The highest BCUT2D eigenvalue weighted by Crippen LogP contribution is 2.26. The summed E-state index contributed by atoms with van der Waals surface area (Å²) in [5.74, 6) is -0.365. The molecule has 2 amide bonds. The van der Waals surface area contributed by atoms with E-state index in [0.29, 0.717) is 4.91 Å². The zero-order valence-corrected chi connectivity index (χ0v) is 13.5. The molecule has 1 aliphatic rings. The number of carbonyl (C=O) groups excluding carboxylic acids is 2. The molecule has 3 aromatic heterocycles. The number of nitrogens with zero attached hydrogens (tertiary/aromatic N) is 3. The van der Waals surface area contributed by atoms with Crippen LogP contribution < -0.4 is 5.32 Å². The second kappa shape index (κ2) is 5.61. The van der Waals surface area contributed by atoms with Crippen molar-refractivity contribution >= 4 is 34.6 Å². The van der Waals surface area contributed by atoms with Gasteiger partial charge in [0.15, 0.2) is 0 Å². The van der Waals surface area contributed by atoms with Gasteiger partial charge in [-0.2, -0.15) is 0 Å². The van der Waals surface area contributed by atoms with E-state index >= 15 is 0 Å². The van der Waals surface area contributed by atoms with Crippen LogP contribution in [0.1, 0.15) is 11.3 Å². The van der Waals surface area contributed by atoms with Crippen LogP contribution in [0.25, 0.3) is 23.1 Å². The standard InChI is InChI=1S/C17H12N4O2S/c1-10-3-2-4-12(19-10)13-8-18-15-6-5-11(9-21(13)15)7-14-16(22)20-17(23)24-14/h2-9H,1H3,(H,20,22,23)/b14-7-. The molecule has 0 bridgehead atoms. The predicted octanol–water partition coefficient (Wildman–Crippen LogP) is 3.03. The Bertz CT molecular complexity index is 1020. The Morgan fingerprint density at radius 1 is 1.21 bits per heavy atom. The number of rotatable bonds is 2. The Balaban J connectivity index is 1.81. The lowest BCUT2D eigenvalue weighted by atomic mass is 10.2. The number of imide groups is 1. The van der Waals surface area contributed by atoms with Crippen molar-refractivity contribution in [2.45, 2.75) is 6.92 Å². The second-order valence-electron chi connectivity index (χ2n) is 5.35. The molecule has 1 fully saturated rings. The van der Waals surface area contributed by atoms with Gasteiger partial charge < -0.3 is 0 Å². The summed E-state index contributed by atoms with van der Waals surface area (Å²) in [5.41, 5.74) is 4.22. The molecule has 0 saturated carbocycles. The molecule has 118 valence electrons. The number of aromatic nitrogens is 3. The van der Waals surface area contributed by atoms with E-state index in [4.69, 9.17) is 0 Å². The molecule has 3 aromatic rings. The summed E-state index contributed by atoms with van der Waals surface area (Å²) >= 11 is 0.903. The van der Waals surface area contributed by atoms with Crippen LogP contribution in [0.3, 0.4) is 0 Å². The van der Waals surface area contributed by atoms with E-state index in [2.05, 4.69) is 15.3 Å². The Kier molecular flexibility index (Phi) is 3.42. The maximum atomic E-state index is 11.7. The maximum Gasteiger partial charge on any atom is 0.290 e. The fourth-order valence-electron chi connectivity index (χ4n) is 2.53. The second-order valence-corrected chi connectivity index (χ2v) is 6.37. The number of carbonyl (C=O) groups is 2. The van der Waals surface area contributed by atoms with Gasteiger partial charge in [0.05, 0.1) is 22.5 Å². The minimum absolute atomic E-state index is 0.348. The molecule has 0 radical (unpaired) electrons. The normalized spacial score (nSPS) is 16.1. The topological polar surface area (TPSA) is 76.4 Å². The van der Waals surface area contributed by atoms with Crippen LogP contribution in [0, 0.1) is 6.92 Å². The lowest BCUT2D eigenvalue weighted by Gasteiger charge is -2.04. The zero-order chi connectivity index (χ0) is 16.7. The van der Waals surface area contributed by atoms with Crippen LogP contribution >= 0.6 is 11.8 Å². The number of nitrogens with one attached hydrogen (secondary N) is 1. The van der Waals surface area contributed by atoms with Gasteiger partial charge in [0.2, 0.25) is 0 Å². The van der Waals surface area contributed by atoms with Gasteiger partial charge in [-0.25, -0.2) is 4.98 Å². The van der Waals surface area contributed by atoms with Crippen LogP contribution in [0.4, 0.5) is 4.79 Å². The van der Waals surface area contributed by atoms with E-state index in [1.807, 2.05) is 47.9 Å². The van der Waals surface area contributed by atoms with Gasteiger partial charge in [0, 0.05) is 11.9 Å². The lowest BCUT2D eigenvalue weighted by Crippen LogP contribution is -2.17. The molecule has 1 N–H and O–H groups in total. The van der Waals surface area contributed by atoms with Crippen LogP contribution in [-0.2, 0) is 4.79 Å². The zero-order valence-electron chi connectivity index (χ0n) is 12.7. The highest BCUT2D eigenvalue weighted by molar-refractivity contribution is 8.18. The number of aryl methyl sites for hydroxylation is 1. The van der Waals surface area contributed by atoms with Gasteiger partial charge in [-0.15, -0.1) is 0 Å². The quantitative estimate of drug-likeness (QED) is 0.728. The molecule has 24 heavy (non-hydrogen) atoms. The molecule has 0 atom stereocenters. The molecule has 6 nitrogen and oxygen atoms in total. The van der Waals surface area contributed by atoms with Crippen LogP contribution in [0.2, 0.25) is 0 Å². The molecule has 1 saturated heterocycles. The fourth-order valence-corrected chi connectivity index (χ4v) is 3.21. The Morgan fingerprint density at radius 2 is 2.08 bits per heavy atom. The van der Waals surface area contributed by atoms with Crippen molar-refractivity contribution in [1.29, 1.82) is 0 Å². The van der Waals surface area contributed by atoms with Gasteiger partial charge in [-0.1, -0.05) is 6.07 Å². The number of amides is 2. The monoisotopic (exact) mass is 336 g/mol. The largest absolute Gasteiger partial charge is 0.298 e. The van der Waals surface area contributed by atoms with E-state index in [1.54, 1.807) is 12.3 Å². The molecule has 0 aliphatic carbocycles. The van der Waals surface area contributed by atoms with Crippen molar-refractivity contribution in [3.8, 4) is 11.4 Å². The molecular weight excluding hydrogens is 324 g/mol. The van der Waals surface area contributed by atoms with Crippen LogP contribution in [0.5, 0.6) is 0 Å². The summed E-state index contributed by atoms with van der Waals surface area (Å²) in [6.07, 6.45) is 5.34. The van der Waals surface area contributed by atoms with Crippen molar-refractivity contribution in [1.82, 2.24) is 19.7 Å². The van der Waals surface area contributed by atoms with Gasteiger partial charge in [-0.05, 0) is 54.6 Å². The SMILES string of the molecule is Cc1cccc(-c2cnc3ccc(/C=C4\SC(=O)NC4=O)cn23)n1. The van der Waals surface area contributed by atoms with Gasteiger partial charge in [0.1, 0.15) is 5.65 Å². The highest BCUT2D eigenvalue weighted by Gasteiger charge is 2.25. The van der Waals surface area contributed by atoms with Gasteiger partial charge in [-0.3, -0.25) is 24.3 Å². The lowest BCUT2D eigenvalue weighted by molar-refractivity contribution is -0.115. The van der Waals surface area contributed by atoms with Crippen molar-refractivity contribution in [3.63, 3.8) is 0 Å². The summed E-state index contributed by atoms with van der Waals surface area (Å²) in [4.78, 5) is 32.2. The number of hydrogen-bond donors (Lipinski definition) is 1. The minimum Gasteiger partial charge on any atom is -0.298 e. The van der Waals surface area contributed by atoms with Crippen molar-refractivity contribution in [3.05, 3.63) is 58.9 Å². The number of hydrogen-bond acceptors (Lipinski definition) is 5. The number of pyridine rings is 2.